The smallest absolute Gasteiger partial charge is 0.419 e. The Morgan fingerprint density at radius 1 is 1.32 bits per heavy atom. The van der Waals surface area contributed by atoms with Gasteiger partial charge in [0.05, 0.1) is 29.0 Å². The number of nitrogens with zero attached hydrogens (tertiary/aromatic N) is 2. The van der Waals surface area contributed by atoms with Crippen LogP contribution in [0.5, 0.6) is 0 Å². The summed E-state index contributed by atoms with van der Waals surface area (Å²) in [5.74, 6) is 0.110. The first-order valence-electron chi connectivity index (χ1n) is 10.6. The minimum Gasteiger partial charge on any atom is -0.453 e. The molecular weight excluding hydrogens is 473 g/mol. The third-order valence-corrected chi connectivity index (χ3v) is 6.24. The lowest BCUT2D eigenvalue weighted by Crippen LogP contribution is -2.50. The highest BCUT2D eigenvalue weighted by Gasteiger charge is 2.36. The molecule has 4 rings (SSSR count). The molecule has 2 aromatic heterocycles. The maximum atomic E-state index is 13.8. The summed E-state index contributed by atoms with van der Waals surface area (Å²) in [4.78, 5) is 22.6. The standard InChI is InChI=1S/C22H24ClF3N6O2/c1-21(2)7-6-11(8-29-21)30-19-28-10-14(22(24,25)26)17(32-19)13-9-27-18-12(13)4-5-15(16(18)23)31-20(33)34-3/h4-5,9-11,27,29H,6-8H2,1-3H3,(H,31,33)(H,28,30,32)/t11-/m0/s1. The van der Waals surface area contributed by atoms with Gasteiger partial charge in [-0.05, 0) is 38.8 Å². The lowest BCUT2D eigenvalue weighted by Gasteiger charge is -2.36. The van der Waals surface area contributed by atoms with Gasteiger partial charge in [-0.3, -0.25) is 5.32 Å². The zero-order valence-electron chi connectivity index (χ0n) is 18.7. The molecule has 0 bridgehead atoms. The summed E-state index contributed by atoms with van der Waals surface area (Å²) < 4.78 is 46.1. The van der Waals surface area contributed by atoms with Crippen LogP contribution in [0.25, 0.3) is 22.2 Å². The number of ether oxygens (including phenoxy) is 1. The van der Waals surface area contributed by atoms with Crippen LogP contribution >= 0.6 is 11.6 Å². The van der Waals surface area contributed by atoms with E-state index in [1.165, 1.54) is 19.4 Å². The van der Waals surface area contributed by atoms with Gasteiger partial charge in [-0.2, -0.15) is 13.2 Å². The highest BCUT2D eigenvalue weighted by Crippen LogP contribution is 2.41. The van der Waals surface area contributed by atoms with E-state index in [1.54, 1.807) is 6.07 Å². The number of hydrogen-bond donors (Lipinski definition) is 4. The number of nitrogens with one attached hydrogen (secondary N) is 4. The molecule has 0 radical (unpaired) electrons. The van der Waals surface area contributed by atoms with Gasteiger partial charge in [-0.25, -0.2) is 14.8 Å². The molecule has 182 valence electrons. The summed E-state index contributed by atoms with van der Waals surface area (Å²) in [6.07, 6.45) is -1.45. The van der Waals surface area contributed by atoms with Crippen molar-refractivity contribution in [3.8, 4) is 11.3 Å². The number of halogens is 4. The first-order valence-corrected chi connectivity index (χ1v) is 11.0. The van der Waals surface area contributed by atoms with Crippen LogP contribution in [0, 0.1) is 0 Å². The van der Waals surface area contributed by atoms with Crippen molar-refractivity contribution in [2.45, 2.75) is 44.4 Å². The van der Waals surface area contributed by atoms with Crippen molar-refractivity contribution in [1.82, 2.24) is 20.3 Å². The van der Waals surface area contributed by atoms with Crippen molar-refractivity contribution < 1.29 is 22.7 Å². The molecule has 3 heterocycles. The summed E-state index contributed by atoms with van der Waals surface area (Å²) in [5.41, 5.74) is -0.411. The number of rotatable bonds is 4. The quantitative estimate of drug-likeness (QED) is 0.384. The first-order chi connectivity index (χ1) is 16.0. The Kier molecular flexibility index (Phi) is 6.34. The molecule has 12 heteroatoms. The maximum absolute atomic E-state index is 13.8. The van der Waals surface area contributed by atoms with Crippen molar-refractivity contribution >= 4 is 40.2 Å². The van der Waals surface area contributed by atoms with E-state index < -0.39 is 17.8 Å². The fraction of sp³-hybridized carbons (Fsp3) is 0.409. The lowest BCUT2D eigenvalue weighted by atomic mass is 9.91. The SMILES string of the molecule is COC(=O)Nc1ccc2c(-c3nc(N[C@H]4CCC(C)(C)NC4)ncc3C(F)(F)F)c[nH]c2c1Cl. The molecule has 4 N–H and O–H groups in total. The number of amides is 1. The van der Waals surface area contributed by atoms with Crippen LogP contribution in [0.1, 0.15) is 32.3 Å². The van der Waals surface area contributed by atoms with E-state index in [2.05, 4.69) is 49.5 Å². The summed E-state index contributed by atoms with van der Waals surface area (Å²) in [6.45, 7) is 4.85. The van der Waals surface area contributed by atoms with Crippen LogP contribution < -0.4 is 16.0 Å². The largest absolute Gasteiger partial charge is 0.453 e. The molecule has 1 saturated heterocycles. The molecule has 0 spiro atoms. The number of piperidine rings is 1. The average Bonchev–Trinajstić information content (AvgIpc) is 3.21. The summed E-state index contributed by atoms with van der Waals surface area (Å²) >= 11 is 6.38. The van der Waals surface area contributed by atoms with Crippen molar-refractivity contribution in [3.05, 3.63) is 35.1 Å². The van der Waals surface area contributed by atoms with E-state index in [4.69, 9.17) is 11.6 Å². The number of carbonyl (C=O) groups excluding carboxylic acids is 1. The van der Waals surface area contributed by atoms with Gasteiger partial charge in [-0.1, -0.05) is 11.6 Å². The third kappa shape index (κ3) is 4.90. The molecule has 1 atom stereocenters. The van der Waals surface area contributed by atoms with Crippen LogP contribution in [-0.4, -0.2) is 46.3 Å². The van der Waals surface area contributed by atoms with Crippen LogP contribution in [0.4, 0.5) is 29.6 Å². The molecule has 0 unspecified atom stereocenters. The van der Waals surface area contributed by atoms with Gasteiger partial charge in [0.1, 0.15) is 5.56 Å². The van der Waals surface area contributed by atoms with Crippen molar-refractivity contribution in [1.29, 1.82) is 0 Å². The van der Waals surface area contributed by atoms with Gasteiger partial charge in [0.2, 0.25) is 5.95 Å². The topological polar surface area (TPSA) is 104 Å². The Labute approximate surface area is 198 Å². The molecule has 0 saturated carbocycles. The molecule has 34 heavy (non-hydrogen) atoms. The molecule has 8 nitrogen and oxygen atoms in total. The summed E-state index contributed by atoms with van der Waals surface area (Å²) in [5, 5.41) is 9.56. The van der Waals surface area contributed by atoms with Crippen LogP contribution in [0.15, 0.2) is 24.5 Å². The number of anilines is 2. The minimum absolute atomic E-state index is 0.00915. The molecule has 3 aromatic rings. The zero-order valence-corrected chi connectivity index (χ0v) is 19.5. The Balaban J connectivity index is 1.72. The number of carbonyl (C=O) groups is 1. The molecule has 1 fully saturated rings. The van der Waals surface area contributed by atoms with Gasteiger partial charge < -0.3 is 20.4 Å². The summed E-state index contributed by atoms with van der Waals surface area (Å²) in [6, 6.07) is 3.03. The number of alkyl halides is 3. The molecular formula is C22H24ClF3N6O2. The van der Waals surface area contributed by atoms with E-state index in [9.17, 15) is 18.0 Å². The van der Waals surface area contributed by atoms with Crippen molar-refractivity contribution in [2.75, 3.05) is 24.3 Å². The monoisotopic (exact) mass is 496 g/mol. The second-order valence-electron chi connectivity index (χ2n) is 8.77. The Morgan fingerprint density at radius 2 is 2.09 bits per heavy atom. The van der Waals surface area contributed by atoms with Gasteiger partial charge in [0.15, 0.2) is 0 Å². The Hall–Kier alpha value is -3.05. The third-order valence-electron chi connectivity index (χ3n) is 5.84. The second kappa shape index (κ2) is 8.95. The molecule has 0 aliphatic carbocycles. The van der Waals surface area contributed by atoms with E-state index in [0.29, 0.717) is 17.4 Å². The predicted octanol–water partition coefficient (Wildman–Crippen LogP) is 5.42. The normalized spacial score (nSPS) is 18.0. The first kappa shape index (κ1) is 24.1. The Bertz CT molecular complexity index is 1220. The molecule has 1 aromatic carbocycles. The van der Waals surface area contributed by atoms with E-state index in [1.807, 2.05) is 0 Å². The predicted molar refractivity (Wildman–Crippen MR) is 124 cm³/mol. The Morgan fingerprint density at radius 3 is 2.74 bits per heavy atom. The highest BCUT2D eigenvalue weighted by atomic mass is 35.5. The van der Waals surface area contributed by atoms with Gasteiger partial charge in [0, 0.05) is 41.5 Å². The fourth-order valence-electron chi connectivity index (χ4n) is 3.91. The number of aromatic nitrogens is 3. The molecule has 1 aliphatic rings. The van der Waals surface area contributed by atoms with E-state index in [-0.39, 0.29) is 39.5 Å². The molecule has 1 amide bonds. The number of benzene rings is 1. The van der Waals surface area contributed by atoms with Crippen molar-refractivity contribution in [2.24, 2.45) is 0 Å². The second-order valence-corrected chi connectivity index (χ2v) is 9.14. The lowest BCUT2D eigenvalue weighted by molar-refractivity contribution is -0.137. The number of fused-ring (bicyclic) bond motifs is 1. The minimum atomic E-state index is -4.66. The van der Waals surface area contributed by atoms with E-state index in [0.717, 1.165) is 19.0 Å². The van der Waals surface area contributed by atoms with Crippen LogP contribution in [-0.2, 0) is 10.9 Å². The average molecular weight is 497 g/mol. The number of methoxy groups -OCH3 is 1. The number of aromatic amines is 1. The van der Waals surface area contributed by atoms with E-state index >= 15 is 0 Å². The zero-order chi connectivity index (χ0) is 24.7. The van der Waals surface area contributed by atoms with Crippen molar-refractivity contribution in [3.63, 3.8) is 0 Å². The highest BCUT2D eigenvalue weighted by molar-refractivity contribution is 6.38. The number of hydrogen-bond acceptors (Lipinski definition) is 6. The van der Waals surface area contributed by atoms with Gasteiger partial charge >= 0.3 is 12.3 Å². The molecule has 1 aliphatic heterocycles. The number of H-pyrrole nitrogens is 1. The summed E-state index contributed by atoms with van der Waals surface area (Å²) in [7, 11) is 1.21. The van der Waals surface area contributed by atoms with Crippen LogP contribution in [0.2, 0.25) is 5.02 Å². The van der Waals surface area contributed by atoms with Gasteiger partial charge in [-0.15, -0.1) is 0 Å². The van der Waals surface area contributed by atoms with Crippen LogP contribution in [0.3, 0.4) is 0 Å². The fourth-order valence-corrected chi connectivity index (χ4v) is 4.18. The maximum Gasteiger partial charge on any atom is 0.419 e. The van der Waals surface area contributed by atoms with Gasteiger partial charge in [0.25, 0.3) is 0 Å².